The van der Waals surface area contributed by atoms with Crippen LogP contribution in [-0.2, 0) is 13.0 Å². The number of carbonyl (C=O) groups excluding carboxylic acids is 2. The zero-order valence-corrected chi connectivity index (χ0v) is 17.3. The van der Waals surface area contributed by atoms with Gasteiger partial charge in [-0.15, -0.1) is 0 Å². The van der Waals surface area contributed by atoms with E-state index in [1.807, 2.05) is 0 Å². The van der Waals surface area contributed by atoms with E-state index in [2.05, 4.69) is 0 Å². The highest BCUT2D eigenvalue weighted by molar-refractivity contribution is 5.99. The third-order valence-electron chi connectivity index (χ3n) is 5.81. The maximum atomic E-state index is 14.4. The first-order valence-corrected chi connectivity index (χ1v) is 10.2. The number of amides is 2. The van der Waals surface area contributed by atoms with Gasteiger partial charge < -0.3 is 10.6 Å². The molecule has 0 aliphatic heterocycles. The summed E-state index contributed by atoms with van der Waals surface area (Å²) in [5, 5.41) is 11.5. The number of hydrogen-bond acceptors (Lipinski definition) is 4. The van der Waals surface area contributed by atoms with E-state index in [0.29, 0.717) is 23.1 Å². The molecule has 0 radical (unpaired) electrons. The molecule has 1 aliphatic rings. The van der Waals surface area contributed by atoms with Crippen molar-refractivity contribution in [3.05, 3.63) is 110 Å². The predicted octanol–water partition coefficient (Wildman–Crippen LogP) is 4.30. The van der Waals surface area contributed by atoms with Gasteiger partial charge in [-0.25, -0.2) is 8.78 Å². The van der Waals surface area contributed by atoms with E-state index in [9.17, 15) is 28.5 Å². The molecular weight excluding hydrogens is 432 g/mol. The van der Waals surface area contributed by atoms with Crippen molar-refractivity contribution in [2.45, 2.75) is 25.4 Å². The molecule has 0 spiro atoms. The van der Waals surface area contributed by atoms with Gasteiger partial charge in [0.25, 0.3) is 11.6 Å². The number of nitro benzene ring substituents is 1. The summed E-state index contributed by atoms with van der Waals surface area (Å²) < 4.78 is 28.4. The van der Waals surface area contributed by atoms with Crippen LogP contribution in [0.1, 0.15) is 49.9 Å². The predicted molar refractivity (Wildman–Crippen MR) is 115 cm³/mol. The maximum absolute atomic E-state index is 14.4. The molecule has 4 rings (SSSR count). The Kier molecular flexibility index (Phi) is 5.87. The van der Waals surface area contributed by atoms with E-state index in [4.69, 9.17) is 5.73 Å². The Morgan fingerprint density at radius 3 is 2.42 bits per heavy atom. The quantitative estimate of drug-likeness (QED) is 0.445. The van der Waals surface area contributed by atoms with Gasteiger partial charge >= 0.3 is 0 Å². The summed E-state index contributed by atoms with van der Waals surface area (Å²) in [6.45, 7) is -0.133. The lowest BCUT2D eigenvalue weighted by Gasteiger charge is -2.30. The van der Waals surface area contributed by atoms with Gasteiger partial charge in [0.05, 0.1) is 11.0 Å². The molecule has 2 N–H and O–H groups in total. The molecule has 0 saturated heterocycles. The van der Waals surface area contributed by atoms with Gasteiger partial charge in [-0.2, -0.15) is 0 Å². The van der Waals surface area contributed by atoms with Crippen molar-refractivity contribution in [1.29, 1.82) is 0 Å². The number of rotatable bonds is 6. The number of hydrogen-bond donors (Lipinski definition) is 1. The molecule has 1 aliphatic carbocycles. The lowest BCUT2D eigenvalue weighted by atomic mass is 10.0. The number of fused-ring (bicyclic) bond motifs is 1. The standard InChI is InChI=1S/C24H19F2N3O4/c25-15-11-19-17(20(26)12-15)9-10-21(19)28(13-14-5-1-2-6-16(14)23(27)30)24(31)18-7-3-4-8-22(18)29(32)33/h1-8,11-12,21H,9-10,13H2,(H2,27,30)/t21-/m1/s1. The zero-order chi connectivity index (χ0) is 23.7. The smallest absolute Gasteiger partial charge is 0.282 e. The van der Waals surface area contributed by atoms with Crippen LogP contribution in [0.2, 0.25) is 0 Å². The van der Waals surface area contributed by atoms with E-state index in [1.165, 1.54) is 41.3 Å². The van der Waals surface area contributed by atoms with Crippen molar-refractivity contribution in [1.82, 2.24) is 4.90 Å². The minimum absolute atomic E-state index is 0.133. The average Bonchev–Trinajstić information content (AvgIpc) is 3.21. The van der Waals surface area contributed by atoms with Crippen LogP contribution in [0.4, 0.5) is 14.5 Å². The Balaban J connectivity index is 1.84. The fourth-order valence-corrected chi connectivity index (χ4v) is 4.32. The topological polar surface area (TPSA) is 107 Å². The third kappa shape index (κ3) is 4.17. The first-order chi connectivity index (χ1) is 15.8. The van der Waals surface area contributed by atoms with Gasteiger partial charge in [0, 0.05) is 24.2 Å². The Morgan fingerprint density at radius 2 is 1.73 bits per heavy atom. The number of nitrogens with two attached hydrogens (primary N) is 1. The number of halogens is 2. The van der Waals surface area contributed by atoms with E-state index >= 15 is 0 Å². The lowest BCUT2D eigenvalue weighted by molar-refractivity contribution is -0.385. The highest BCUT2D eigenvalue weighted by atomic mass is 19.1. The number of nitro groups is 1. The Bertz CT molecular complexity index is 1280. The van der Waals surface area contributed by atoms with Crippen LogP contribution < -0.4 is 5.73 Å². The van der Waals surface area contributed by atoms with Crippen molar-refractivity contribution in [2.24, 2.45) is 5.73 Å². The minimum atomic E-state index is -0.784. The number of para-hydroxylation sites is 1. The van der Waals surface area contributed by atoms with Gasteiger partial charge in [0.1, 0.15) is 17.2 Å². The molecule has 9 heteroatoms. The molecule has 0 bridgehead atoms. The van der Waals surface area contributed by atoms with E-state index in [-0.39, 0.29) is 29.8 Å². The largest absolute Gasteiger partial charge is 0.366 e. The molecule has 7 nitrogen and oxygen atoms in total. The second kappa shape index (κ2) is 8.78. The first-order valence-electron chi connectivity index (χ1n) is 10.2. The number of primary amides is 1. The van der Waals surface area contributed by atoms with E-state index < -0.39 is 34.4 Å². The number of nitrogens with zero attached hydrogens (tertiary/aromatic N) is 2. The van der Waals surface area contributed by atoms with Crippen molar-refractivity contribution >= 4 is 17.5 Å². The Labute approximate surface area is 187 Å². The fourth-order valence-electron chi connectivity index (χ4n) is 4.32. The van der Waals surface area contributed by atoms with Gasteiger partial charge in [-0.1, -0.05) is 30.3 Å². The van der Waals surface area contributed by atoms with E-state index in [1.54, 1.807) is 18.2 Å². The molecule has 3 aromatic carbocycles. The molecule has 3 aromatic rings. The first kappa shape index (κ1) is 22.1. The maximum Gasteiger partial charge on any atom is 0.282 e. The van der Waals surface area contributed by atoms with Crippen LogP contribution in [0.5, 0.6) is 0 Å². The average molecular weight is 451 g/mol. The minimum Gasteiger partial charge on any atom is -0.366 e. The van der Waals surface area contributed by atoms with Crippen LogP contribution in [-0.4, -0.2) is 21.6 Å². The molecule has 0 unspecified atom stereocenters. The summed E-state index contributed by atoms with van der Waals surface area (Å²) in [6.07, 6.45) is 0.561. The second-order valence-electron chi connectivity index (χ2n) is 7.74. The summed E-state index contributed by atoms with van der Waals surface area (Å²) in [6, 6.07) is 13.1. The summed E-state index contributed by atoms with van der Waals surface area (Å²) in [5.41, 5.74) is 6.13. The van der Waals surface area contributed by atoms with E-state index in [0.717, 1.165) is 6.07 Å². The molecule has 0 fully saturated rings. The van der Waals surface area contributed by atoms with Crippen molar-refractivity contribution < 1.29 is 23.3 Å². The van der Waals surface area contributed by atoms with Crippen molar-refractivity contribution in [3.63, 3.8) is 0 Å². The van der Waals surface area contributed by atoms with Crippen molar-refractivity contribution in [2.75, 3.05) is 0 Å². The Morgan fingerprint density at radius 1 is 1.06 bits per heavy atom. The van der Waals surface area contributed by atoms with Crippen LogP contribution in [0, 0.1) is 21.7 Å². The highest BCUT2D eigenvalue weighted by Crippen LogP contribution is 2.40. The molecule has 2 amide bonds. The summed E-state index contributed by atoms with van der Waals surface area (Å²) in [5.74, 6) is -2.88. The van der Waals surface area contributed by atoms with Crippen LogP contribution in [0.3, 0.4) is 0 Å². The second-order valence-corrected chi connectivity index (χ2v) is 7.74. The molecule has 0 saturated carbocycles. The molecular formula is C24H19F2N3O4. The summed E-state index contributed by atoms with van der Waals surface area (Å²) in [4.78, 5) is 37.8. The van der Waals surface area contributed by atoms with Crippen LogP contribution in [0.25, 0.3) is 0 Å². The fraction of sp³-hybridized carbons (Fsp3) is 0.167. The van der Waals surface area contributed by atoms with Gasteiger partial charge in [0.15, 0.2) is 0 Å². The molecule has 0 heterocycles. The monoisotopic (exact) mass is 451 g/mol. The third-order valence-corrected chi connectivity index (χ3v) is 5.81. The Hall–Kier alpha value is -4.14. The van der Waals surface area contributed by atoms with Crippen molar-refractivity contribution in [3.8, 4) is 0 Å². The molecule has 0 aromatic heterocycles. The van der Waals surface area contributed by atoms with Crippen LogP contribution >= 0.6 is 0 Å². The molecule has 168 valence electrons. The van der Waals surface area contributed by atoms with Gasteiger partial charge in [0.2, 0.25) is 5.91 Å². The highest BCUT2D eigenvalue weighted by Gasteiger charge is 2.36. The molecule has 1 atom stereocenters. The number of carbonyl (C=O) groups is 2. The molecule has 33 heavy (non-hydrogen) atoms. The summed E-state index contributed by atoms with van der Waals surface area (Å²) in [7, 11) is 0. The van der Waals surface area contributed by atoms with Gasteiger partial charge in [-0.05, 0) is 47.7 Å². The zero-order valence-electron chi connectivity index (χ0n) is 17.3. The SMILES string of the molecule is NC(=O)c1ccccc1CN(C(=O)c1ccccc1[N+](=O)[O-])[C@@H]1CCc2c(F)cc(F)cc21. The lowest BCUT2D eigenvalue weighted by Crippen LogP contribution is -2.35. The summed E-state index contributed by atoms with van der Waals surface area (Å²) >= 11 is 0. The van der Waals surface area contributed by atoms with Gasteiger partial charge in [-0.3, -0.25) is 19.7 Å². The normalized spacial score (nSPS) is 14.5. The van der Waals surface area contributed by atoms with Crippen LogP contribution in [0.15, 0.2) is 60.7 Å². The number of benzene rings is 3.